The molecule has 1 unspecified atom stereocenters. The summed E-state index contributed by atoms with van der Waals surface area (Å²) in [7, 11) is 2.01. The van der Waals surface area contributed by atoms with Gasteiger partial charge in [-0.2, -0.15) is 0 Å². The van der Waals surface area contributed by atoms with Crippen molar-refractivity contribution >= 4 is 11.6 Å². The summed E-state index contributed by atoms with van der Waals surface area (Å²) in [5.41, 5.74) is 1.11. The lowest BCUT2D eigenvalue weighted by Gasteiger charge is -2.27. The standard InChI is InChI=1S/C13H20ClNO/c1-4-11(16)9-15(3)10(2)12-7-5-6-8-13(12)14/h5-8,10-11,16H,4,9H2,1-3H3/t10?,11-/m1/s1. The summed E-state index contributed by atoms with van der Waals surface area (Å²) in [6.07, 6.45) is 0.509. The SMILES string of the molecule is CC[C@@H](O)CN(C)C(C)c1ccccc1Cl. The third-order valence-corrected chi connectivity index (χ3v) is 3.33. The topological polar surface area (TPSA) is 23.5 Å². The van der Waals surface area contributed by atoms with Crippen LogP contribution in [-0.2, 0) is 0 Å². The van der Waals surface area contributed by atoms with E-state index in [9.17, 15) is 5.11 Å². The fourth-order valence-electron chi connectivity index (χ4n) is 1.67. The molecule has 0 spiro atoms. The Balaban J connectivity index is 2.70. The predicted molar refractivity (Wildman–Crippen MR) is 68.8 cm³/mol. The minimum Gasteiger partial charge on any atom is -0.392 e. The molecule has 16 heavy (non-hydrogen) atoms. The number of hydrogen-bond acceptors (Lipinski definition) is 2. The molecule has 0 saturated heterocycles. The number of likely N-dealkylation sites (N-methyl/N-ethyl adjacent to an activating group) is 1. The van der Waals surface area contributed by atoms with Crippen molar-refractivity contribution in [3.05, 3.63) is 34.9 Å². The summed E-state index contributed by atoms with van der Waals surface area (Å²) >= 11 is 6.14. The zero-order valence-corrected chi connectivity index (χ0v) is 10.9. The van der Waals surface area contributed by atoms with Crippen LogP contribution < -0.4 is 0 Å². The van der Waals surface area contributed by atoms with Crippen LogP contribution in [0.15, 0.2) is 24.3 Å². The van der Waals surface area contributed by atoms with Crippen LogP contribution in [0, 0.1) is 0 Å². The van der Waals surface area contributed by atoms with Crippen molar-refractivity contribution in [2.24, 2.45) is 0 Å². The molecule has 0 radical (unpaired) electrons. The van der Waals surface area contributed by atoms with E-state index in [1.165, 1.54) is 0 Å². The van der Waals surface area contributed by atoms with Gasteiger partial charge in [-0.25, -0.2) is 0 Å². The van der Waals surface area contributed by atoms with Gasteiger partial charge in [0.2, 0.25) is 0 Å². The number of benzene rings is 1. The Morgan fingerprint density at radius 1 is 1.38 bits per heavy atom. The van der Waals surface area contributed by atoms with Gasteiger partial charge in [-0.1, -0.05) is 36.7 Å². The fourth-order valence-corrected chi connectivity index (χ4v) is 1.96. The average molecular weight is 242 g/mol. The number of aliphatic hydroxyl groups is 1. The van der Waals surface area contributed by atoms with E-state index in [1.807, 2.05) is 38.2 Å². The third-order valence-electron chi connectivity index (χ3n) is 2.99. The molecule has 0 aliphatic carbocycles. The van der Waals surface area contributed by atoms with Crippen molar-refractivity contribution < 1.29 is 5.11 Å². The molecule has 3 heteroatoms. The molecule has 0 fully saturated rings. The number of rotatable bonds is 5. The van der Waals surface area contributed by atoms with Crippen LogP contribution in [0.25, 0.3) is 0 Å². The Kier molecular flexibility index (Phi) is 5.26. The maximum Gasteiger partial charge on any atom is 0.0664 e. The third kappa shape index (κ3) is 3.48. The van der Waals surface area contributed by atoms with Gasteiger partial charge in [0.05, 0.1) is 6.10 Å². The molecular weight excluding hydrogens is 222 g/mol. The van der Waals surface area contributed by atoms with Gasteiger partial charge < -0.3 is 5.11 Å². The van der Waals surface area contributed by atoms with Crippen LogP contribution >= 0.6 is 11.6 Å². The lowest BCUT2D eigenvalue weighted by molar-refractivity contribution is 0.105. The maximum atomic E-state index is 9.62. The lowest BCUT2D eigenvalue weighted by Crippen LogP contribution is -2.31. The molecule has 1 N–H and O–H groups in total. The monoisotopic (exact) mass is 241 g/mol. The van der Waals surface area contributed by atoms with Crippen LogP contribution in [0.2, 0.25) is 5.02 Å². The van der Waals surface area contributed by atoms with Crippen molar-refractivity contribution in [1.82, 2.24) is 4.90 Å². The molecule has 1 rings (SSSR count). The Labute approximate surface area is 103 Å². The van der Waals surface area contributed by atoms with Gasteiger partial charge in [0.1, 0.15) is 0 Å². The molecule has 1 aromatic carbocycles. The summed E-state index contributed by atoms with van der Waals surface area (Å²) in [6.45, 7) is 4.76. The van der Waals surface area contributed by atoms with E-state index < -0.39 is 0 Å². The van der Waals surface area contributed by atoms with Gasteiger partial charge in [-0.3, -0.25) is 4.90 Å². The Morgan fingerprint density at radius 2 is 2.00 bits per heavy atom. The summed E-state index contributed by atoms with van der Waals surface area (Å²) in [5, 5.41) is 10.4. The Bertz CT molecular complexity index is 329. The molecule has 0 bridgehead atoms. The summed E-state index contributed by atoms with van der Waals surface area (Å²) in [6, 6.07) is 8.07. The summed E-state index contributed by atoms with van der Waals surface area (Å²) in [5.74, 6) is 0. The normalized spacial score (nSPS) is 15.1. The number of hydrogen-bond donors (Lipinski definition) is 1. The summed E-state index contributed by atoms with van der Waals surface area (Å²) in [4.78, 5) is 2.12. The first-order valence-electron chi connectivity index (χ1n) is 5.69. The van der Waals surface area contributed by atoms with Crippen molar-refractivity contribution in [2.75, 3.05) is 13.6 Å². The van der Waals surface area contributed by atoms with Gasteiger partial charge in [-0.15, -0.1) is 0 Å². The van der Waals surface area contributed by atoms with E-state index >= 15 is 0 Å². The molecular formula is C13H20ClNO. The Morgan fingerprint density at radius 3 is 2.56 bits per heavy atom. The van der Waals surface area contributed by atoms with Crippen LogP contribution in [0.3, 0.4) is 0 Å². The van der Waals surface area contributed by atoms with E-state index in [4.69, 9.17) is 11.6 Å². The quantitative estimate of drug-likeness (QED) is 0.856. The molecule has 0 aliphatic heterocycles. The number of nitrogens with zero attached hydrogens (tertiary/aromatic N) is 1. The first-order chi connectivity index (χ1) is 7.56. The molecule has 0 saturated carbocycles. The molecule has 2 nitrogen and oxygen atoms in total. The minimum absolute atomic E-state index is 0.218. The van der Waals surface area contributed by atoms with Crippen molar-refractivity contribution in [2.45, 2.75) is 32.4 Å². The largest absolute Gasteiger partial charge is 0.392 e. The Hall–Kier alpha value is -0.570. The molecule has 1 aromatic rings. The highest BCUT2D eigenvalue weighted by Crippen LogP contribution is 2.26. The van der Waals surface area contributed by atoms with Crippen molar-refractivity contribution in [3.8, 4) is 0 Å². The molecule has 90 valence electrons. The van der Waals surface area contributed by atoms with Crippen LogP contribution in [0.4, 0.5) is 0 Å². The van der Waals surface area contributed by atoms with Crippen LogP contribution in [0.5, 0.6) is 0 Å². The van der Waals surface area contributed by atoms with Crippen LogP contribution in [0.1, 0.15) is 31.9 Å². The second-order valence-electron chi connectivity index (χ2n) is 4.20. The molecule has 0 aromatic heterocycles. The smallest absolute Gasteiger partial charge is 0.0664 e. The molecule has 0 amide bonds. The van der Waals surface area contributed by atoms with Crippen LogP contribution in [-0.4, -0.2) is 29.7 Å². The van der Waals surface area contributed by atoms with Gasteiger partial charge in [-0.05, 0) is 32.0 Å². The van der Waals surface area contributed by atoms with Gasteiger partial charge in [0.25, 0.3) is 0 Å². The molecule has 0 heterocycles. The zero-order valence-electron chi connectivity index (χ0n) is 10.2. The van der Waals surface area contributed by atoms with E-state index in [2.05, 4.69) is 11.8 Å². The van der Waals surface area contributed by atoms with Gasteiger partial charge in [0.15, 0.2) is 0 Å². The number of aliphatic hydroxyl groups excluding tert-OH is 1. The highest BCUT2D eigenvalue weighted by molar-refractivity contribution is 6.31. The van der Waals surface area contributed by atoms with Gasteiger partial charge >= 0.3 is 0 Å². The first kappa shape index (κ1) is 13.5. The fraction of sp³-hybridized carbons (Fsp3) is 0.538. The maximum absolute atomic E-state index is 9.62. The highest BCUT2D eigenvalue weighted by atomic mass is 35.5. The predicted octanol–water partition coefficient (Wildman–Crippen LogP) is 3.10. The van der Waals surface area contributed by atoms with E-state index in [1.54, 1.807) is 0 Å². The highest BCUT2D eigenvalue weighted by Gasteiger charge is 2.16. The first-order valence-corrected chi connectivity index (χ1v) is 6.06. The summed E-state index contributed by atoms with van der Waals surface area (Å²) < 4.78 is 0. The second-order valence-corrected chi connectivity index (χ2v) is 4.61. The van der Waals surface area contributed by atoms with E-state index in [0.29, 0.717) is 6.54 Å². The van der Waals surface area contributed by atoms with Gasteiger partial charge in [0, 0.05) is 17.6 Å². The number of halogens is 1. The second kappa shape index (κ2) is 6.24. The van der Waals surface area contributed by atoms with E-state index in [-0.39, 0.29) is 12.1 Å². The minimum atomic E-state index is -0.269. The lowest BCUT2D eigenvalue weighted by atomic mass is 10.1. The molecule has 2 atom stereocenters. The van der Waals surface area contributed by atoms with E-state index in [0.717, 1.165) is 17.0 Å². The average Bonchev–Trinajstić information content (AvgIpc) is 2.28. The zero-order chi connectivity index (χ0) is 12.1. The molecule has 0 aliphatic rings. The van der Waals surface area contributed by atoms with Crippen molar-refractivity contribution in [3.63, 3.8) is 0 Å². The van der Waals surface area contributed by atoms with Crippen molar-refractivity contribution in [1.29, 1.82) is 0 Å².